The lowest BCUT2D eigenvalue weighted by Crippen LogP contribution is -2.82. The van der Waals surface area contributed by atoms with Gasteiger partial charge in [0.25, 0.3) is 0 Å². The molecule has 3 aliphatic carbocycles. The minimum Gasteiger partial charge on any atom is -0.456 e. The van der Waals surface area contributed by atoms with Crippen LogP contribution in [0.25, 0.3) is 0 Å². The summed E-state index contributed by atoms with van der Waals surface area (Å²) in [4.78, 5) is 83.2. The van der Waals surface area contributed by atoms with Crippen LogP contribution >= 0.6 is 0 Å². The van der Waals surface area contributed by atoms with Crippen LogP contribution in [0.15, 0.2) is 71.8 Å². The molecular formula is C46H57NO14. The Balaban J connectivity index is 1.54. The van der Waals surface area contributed by atoms with Crippen molar-refractivity contribution < 1.29 is 67.8 Å². The van der Waals surface area contributed by atoms with Crippen LogP contribution in [0.5, 0.6) is 0 Å². The quantitative estimate of drug-likeness (QED) is 0.152. The van der Waals surface area contributed by atoms with E-state index in [0.29, 0.717) is 5.56 Å². The maximum absolute atomic E-state index is 15.5. The SMILES string of the molecule is CC(=O)O[C@H]1C(=O)[C@@]2(C)[C@H]([C@H](OC(=O)c3ccccc3)[C@]3(O)C[C@H](OC(=O)[C@H](O)[C@@H](NC(=O)CC(C)(C)C)c4ccccc4)C(C)=C1C3(C)C)[C@@]1(OC(C)=O)CO[C@@H]1C[C@@H]2O. The van der Waals surface area contributed by atoms with Gasteiger partial charge in [0.05, 0.1) is 35.6 Å². The molecule has 2 bridgehead atoms. The van der Waals surface area contributed by atoms with E-state index in [4.69, 9.17) is 23.7 Å². The third-order valence-electron chi connectivity index (χ3n) is 13.2. The van der Waals surface area contributed by atoms with Gasteiger partial charge in [-0.15, -0.1) is 0 Å². The second kappa shape index (κ2) is 16.4. The molecule has 4 N–H and O–H groups in total. The topological polar surface area (TPSA) is 221 Å². The number of aliphatic hydroxyl groups excluding tert-OH is 2. The van der Waals surface area contributed by atoms with Crippen molar-refractivity contribution >= 4 is 35.6 Å². The first-order chi connectivity index (χ1) is 28.4. The average molecular weight is 848 g/mol. The van der Waals surface area contributed by atoms with E-state index in [-0.39, 0.29) is 36.2 Å². The number of amides is 1. The Morgan fingerprint density at radius 1 is 0.918 bits per heavy atom. The van der Waals surface area contributed by atoms with Gasteiger partial charge in [-0.25, -0.2) is 9.59 Å². The Morgan fingerprint density at radius 2 is 1.52 bits per heavy atom. The normalized spacial score (nSPS) is 32.6. The molecule has 0 unspecified atom stereocenters. The number of esters is 4. The lowest BCUT2D eigenvalue weighted by atomic mass is 9.44. The molecule has 1 heterocycles. The van der Waals surface area contributed by atoms with Crippen LogP contribution in [0.2, 0.25) is 0 Å². The molecule has 61 heavy (non-hydrogen) atoms. The first-order valence-corrected chi connectivity index (χ1v) is 20.5. The summed E-state index contributed by atoms with van der Waals surface area (Å²) in [5.41, 5.74) is -7.60. The van der Waals surface area contributed by atoms with Crippen LogP contribution in [-0.4, -0.2) is 105 Å². The van der Waals surface area contributed by atoms with E-state index in [9.17, 15) is 39.3 Å². The summed E-state index contributed by atoms with van der Waals surface area (Å²) >= 11 is 0. The van der Waals surface area contributed by atoms with E-state index in [1.54, 1.807) is 62.4 Å². The van der Waals surface area contributed by atoms with Crippen LogP contribution in [0.3, 0.4) is 0 Å². The van der Waals surface area contributed by atoms with Gasteiger partial charge < -0.3 is 44.3 Å². The number of ether oxygens (including phenoxy) is 5. The van der Waals surface area contributed by atoms with Crippen molar-refractivity contribution in [2.45, 2.75) is 135 Å². The Bertz CT molecular complexity index is 2090. The highest BCUT2D eigenvalue weighted by Gasteiger charge is 2.78. The summed E-state index contributed by atoms with van der Waals surface area (Å²) in [7, 11) is 0. The number of Topliss-reactive ketones (excluding diaryl/α,β-unsaturated/α-hetero) is 1. The number of fused-ring (bicyclic) bond motifs is 5. The number of carbonyl (C=O) groups is 6. The third kappa shape index (κ3) is 8.01. The maximum atomic E-state index is 15.5. The highest BCUT2D eigenvalue weighted by atomic mass is 16.6. The predicted octanol–water partition coefficient (Wildman–Crippen LogP) is 3.86. The molecule has 2 aromatic rings. The number of hydrogen-bond acceptors (Lipinski definition) is 14. The van der Waals surface area contributed by atoms with Gasteiger partial charge in [-0.05, 0) is 48.1 Å². The molecule has 6 rings (SSSR count). The fourth-order valence-corrected chi connectivity index (χ4v) is 10.1. The maximum Gasteiger partial charge on any atom is 0.338 e. The summed E-state index contributed by atoms with van der Waals surface area (Å²) in [5, 5.41) is 40.2. The standard InChI is InChI=1S/C46H57NO14/c1-24-29(59-41(55)35(52)34(27-16-12-10-13-17-27)47-32(51)22-42(4,5)6)21-46(56)39(60-40(54)28-18-14-11-15-19-28)37-44(9,30(50)20-31-45(37,23-57-31)61-26(3)49)38(53)36(58-25(2)48)33(24)43(46,7)8/h10-19,29-31,34-37,39,50,52,56H,20-23H2,1-9H3,(H,47,51)/t29-,30-,31+,34-,35+,36+,37-,39-,44+,45+,46+/m0/s1. The Morgan fingerprint density at radius 3 is 2.07 bits per heavy atom. The molecule has 15 heteroatoms. The van der Waals surface area contributed by atoms with E-state index in [1.807, 2.05) is 20.8 Å². The molecule has 0 spiro atoms. The molecule has 15 nitrogen and oxygen atoms in total. The second-order valence-corrected chi connectivity index (χ2v) is 18.8. The zero-order chi connectivity index (χ0) is 45.0. The van der Waals surface area contributed by atoms with Crippen molar-refractivity contribution in [2.24, 2.45) is 22.2 Å². The minimum atomic E-state index is -2.38. The molecule has 11 atom stereocenters. The average Bonchev–Trinajstić information content (AvgIpc) is 3.17. The zero-order valence-corrected chi connectivity index (χ0v) is 36.1. The van der Waals surface area contributed by atoms with E-state index < -0.39 is 118 Å². The summed E-state index contributed by atoms with van der Waals surface area (Å²) < 4.78 is 30.3. The van der Waals surface area contributed by atoms with E-state index in [1.165, 1.54) is 26.0 Å². The van der Waals surface area contributed by atoms with E-state index in [0.717, 1.165) is 13.8 Å². The van der Waals surface area contributed by atoms with Crippen molar-refractivity contribution in [1.82, 2.24) is 5.32 Å². The summed E-state index contributed by atoms with van der Waals surface area (Å²) in [6, 6.07) is 14.9. The highest BCUT2D eigenvalue weighted by Crippen LogP contribution is 2.64. The fraction of sp³-hybridized carbons (Fsp3) is 0.565. The third-order valence-corrected chi connectivity index (χ3v) is 13.2. The van der Waals surface area contributed by atoms with Crippen LogP contribution in [-0.2, 0) is 47.7 Å². The minimum absolute atomic E-state index is 0.00739. The predicted molar refractivity (Wildman–Crippen MR) is 216 cm³/mol. The second-order valence-electron chi connectivity index (χ2n) is 18.8. The van der Waals surface area contributed by atoms with Crippen LogP contribution < -0.4 is 5.32 Å². The van der Waals surface area contributed by atoms with E-state index in [2.05, 4.69) is 5.32 Å². The Labute approximate surface area is 355 Å². The number of aliphatic hydroxyl groups is 3. The molecule has 1 saturated heterocycles. The van der Waals surface area contributed by atoms with Gasteiger partial charge in [0.1, 0.15) is 23.9 Å². The van der Waals surface area contributed by atoms with Gasteiger partial charge in [-0.1, -0.05) is 83.1 Å². The van der Waals surface area contributed by atoms with E-state index >= 15 is 4.79 Å². The van der Waals surface area contributed by atoms with Crippen molar-refractivity contribution in [3.8, 4) is 0 Å². The number of carbonyl (C=O) groups excluding carboxylic acids is 6. The van der Waals surface area contributed by atoms with Crippen molar-refractivity contribution in [3.63, 3.8) is 0 Å². The van der Waals surface area contributed by atoms with Crippen molar-refractivity contribution in [1.29, 1.82) is 0 Å². The number of rotatable bonds is 10. The molecule has 2 saturated carbocycles. The van der Waals surface area contributed by atoms with Gasteiger partial charge in [-0.3, -0.25) is 19.2 Å². The van der Waals surface area contributed by atoms with Gasteiger partial charge >= 0.3 is 23.9 Å². The number of nitrogens with one attached hydrogen (secondary N) is 1. The van der Waals surface area contributed by atoms with Gasteiger partial charge in [-0.2, -0.15) is 0 Å². The van der Waals surface area contributed by atoms with Crippen molar-refractivity contribution in [3.05, 3.63) is 82.9 Å². The molecule has 2 aromatic carbocycles. The van der Waals surface area contributed by atoms with Gasteiger partial charge in [0, 0.05) is 38.5 Å². The summed E-state index contributed by atoms with van der Waals surface area (Å²) in [6.07, 6.45) is -10.3. The zero-order valence-electron chi connectivity index (χ0n) is 36.1. The Kier molecular flexibility index (Phi) is 12.2. The Hall–Kier alpha value is -4.96. The van der Waals surface area contributed by atoms with Gasteiger partial charge in [0.2, 0.25) is 5.91 Å². The first kappa shape index (κ1) is 45.6. The molecule has 330 valence electrons. The number of hydrogen-bond donors (Lipinski definition) is 4. The first-order valence-electron chi connectivity index (χ1n) is 20.5. The monoisotopic (exact) mass is 847 g/mol. The lowest BCUT2D eigenvalue weighted by molar-refractivity contribution is -0.346. The molecule has 3 fully saturated rings. The summed E-state index contributed by atoms with van der Waals surface area (Å²) in [6.45, 7) is 13.6. The molecule has 1 amide bonds. The van der Waals surface area contributed by atoms with Gasteiger partial charge in [0.15, 0.2) is 23.6 Å². The largest absolute Gasteiger partial charge is 0.456 e. The van der Waals surface area contributed by atoms with Crippen LogP contribution in [0.4, 0.5) is 0 Å². The van der Waals surface area contributed by atoms with Crippen molar-refractivity contribution in [2.75, 3.05) is 6.61 Å². The molecular weight excluding hydrogens is 790 g/mol. The molecule has 0 aromatic heterocycles. The highest BCUT2D eigenvalue weighted by molar-refractivity contribution is 5.95. The number of benzene rings is 2. The van der Waals surface area contributed by atoms with Crippen LogP contribution in [0, 0.1) is 22.2 Å². The fourth-order valence-electron chi connectivity index (χ4n) is 10.1. The molecule has 4 aliphatic rings. The number of ketones is 1. The molecule has 0 radical (unpaired) electrons. The van der Waals surface area contributed by atoms with Crippen LogP contribution in [0.1, 0.15) is 104 Å². The lowest BCUT2D eigenvalue weighted by Gasteiger charge is -2.67. The molecule has 1 aliphatic heterocycles. The smallest absolute Gasteiger partial charge is 0.338 e. The summed E-state index contributed by atoms with van der Waals surface area (Å²) in [5.74, 6) is -6.63.